The third-order valence-corrected chi connectivity index (χ3v) is 17.4. The predicted octanol–water partition coefficient (Wildman–Crippen LogP) is 15.2. The van der Waals surface area contributed by atoms with Crippen molar-refractivity contribution in [2.24, 2.45) is 0 Å². The first kappa shape index (κ1) is 41.6. The Balaban J connectivity index is 1.28. The summed E-state index contributed by atoms with van der Waals surface area (Å²) in [6, 6.07) is 41.5. The van der Waals surface area contributed by atoms with Crippen LogP contribution in [0.2, 0.25) is 0 Å². The number of thiophene rings is 1. The van der Waals surface area contributed by atoms with Crippen molar-refractivity contribution in [1.82, 2.24) is 0 Å². The number of benzene rings is 6. The van der Waals surface area contributed by atoms with E-state index in [9.17, 15) is 0 Å². The molecule has 11 rings (SSSR count). The van der Waals surface area contributed by atoms with Gasteiger partial charge in [0.05, 0.1) is 5.69 Å². The summed E-state index contributed by atoms with van der Waals surface area (Å²) in [6.07, 6.45) is 3.42. The Morgan fingerprint density at radius 1 is 0.578 bits per heavy atom. The maximum Gasteiger partial charge on any atom is 0.264 e. The van der Waals surface area contributed by atoms with E-state index in [2.05, 4.69) is 210 Å². The molecule has 0 amide bonds. The molecule has 1 aliphatic carbocycles. The molecule has 324 valence electrons. The molecule has 3 aliphatic heterocycles. The van der Waals surface area contributed by atoms with E-state index in [1.54, 1.807) is 0 Å². The molecule has 1 aromatic heterocycles. The van der Waals surface area contributed by atoms with Gasteiger partial charge in [-0.25, -0.2) is 0 Å². The van der Waals surface area contributed by atoms with Crippen molar-refractivity contribution in [1.29, 1.82) is 0 Å². The van der Waals surface area contributed by atoms with Crippen molar-refractivity contribution in [2.75, 3.05) is 9.80 Å². The zero-order valence-electron chi connectivity index (χ0n) is 40.8. The molecule has 4 aliphatic rings. The molecule has 0 spiro atoms. The van der Waals surface area contributed by atoms with Crippen LogP contribution >= 0.6 is 11.3 Å². The summed E-state index contributed by atoms with van der Waals surface area (Å²) in [5, 5.41) is 1.38. The molecule has 0 N–H and O–H groups in total. The smallest absolute Gasteiger partial charge is 0.264 e. The lowest BCUT2D eigenvalue weighted by molar-refractivity contribution is 0.332. The maximum atomic E-state index is 2.72. The third kappa shape index (κ3) is 6.10. The first-order valence-corrected chi connectivity index (χ1v) is 24.7. The summed E-state index contributed by atoms with van der Waals surface area (Å²) in [4.78, 5) is 5.40. The second-order valence-electron chi connectivity index (χ2n) is 23.9. The number of anilines is 6. The first-order chi connectivity index (χ1) is 30.0. The zero-order valence-corrected chi connectivity index (χ0v) is 41.6. The van der Waals surface area contributed by atoms with Crippen molar-refractivity contribution in [3.8, 4) is 11.1 Å². The van der Waals surface area contributed by atoms with Crippen molar-refractivity contribution in [2.45, 2.75) is 143 Å². The van der Waals surface area contributed by atoms with Crippen LogP contribution in [-0.4, -0.2) is 6.71 Å². The molecule has 0 saturated carbocycles. The van der Waals surface area contributed by atoms with Gasteiger partial charge in [0, 0.05) is 43.3 Å². The molecule has 2 nitrogen and oxygen atoms in total. The Morgan fingerprint density at radius 2 is 1.25 bits per heavy atom. The summed E-state index contributed by atoms with van der Waals surface area (Å²) < 4.78 is 2.83. The number of aryl methyl sites for hydroxylation is 3. The summed E-state index contributed by atoms with van der Waals surface area (Å²) in [5.74, 6) is 0. The second kappa shape index (κ2) is 13.5. The Kier molecular flexibility index (Phi) is 8.79. The summed E-state index contributed by atoms with van der Waals surface area (Å²) >= 11 is 2.03. The fourth-order valence-electron chi connectivity index (χ4n) is 12.5. The fourth-order valence-corrected chi connectivity index (χ4v) is 13.8. The van der Waals surface area contributed by atoms with E-state index in [0.717, 1.165) is 6.42 Å². The van der Waals surface area contributed by atoms with Gasteiger partial charge in [-0.15, -0.1) is 11.3 Å². The highest BCUT2D eigenvalue weighted by Gasteiger charge is 2.48. The van der Waals surface area contributed by atoms with Crippen LogP contribution in [0.4, 0.5) is 34.1 Å². The van der Waals surface area contributed by atoms with Crippen molar-refractivity contribution in [3.05, 3.63) is 148 Å². The highest BCUT2D eigenvalue weighted by molar-refractivity contribution is 7.33. The minimum atomic E-state index is -0.0595. The quantitative estimate of drug-likeness (QED) is 0.160. The van der Waals surface area contributed by atoms with Crippen LogP contribution in [0, 0.1) is 20.8 Å². The van der Waals surface area contributed by atoms with Gasteiger partial charge in [0.15, 0.2) is 0 Å². The molecule has 4 bridgehead atoms. The van der Waals surface area contributed by atoms with E-state index in [1.165, 1.54) is 128 Å². The van der Waals surface area contributed by atoms with Crippen LogP contribution in [0.1, 0.15) is 140 Å². The molecule has 0 saturated heterocycles. The normalized spacial score (nSPS) is 18.4. The molecule has 0 fully saturated rings. The van der Waals surface area contributed by atoms with Gasteiger partial charge in [0.2, 0.25) is 0 Å². The number of rotatable bonds is 2. The standard InChI is InChI=1S/C60H65BN2S/c1-35-25-50-53-51(26-35)63(48-21-19-38(27-37(48)3)43-18-16-15-17-36(43)2)49-33-46-45(57(7,8)23-24-58(46,9)10)32-47(49)61(53)55-54-44-31-39(20-22-52(44)64-55)59(11,12)34-60(13,14)41-28-40(56(4,5)6)29-42(30-41)62(50)54/h15-22,25-33H,23-24,34H2,1-14H3. The molecular weight excluding hydrogens is 792 g/mol. The number of hydrogen-bond acceptors (Lipinski definition) is 3. The van der Waals surface area contributed by atoms with Gasteiger partial charge in [-0.1, -0.05) is 125 Å². The Hall–Kier alpha value is -5.06. The van der Waals surface area contributed by atoms with E-state index in [1.807, 2.05) is 11.3 Å². The van der Waals surface area contributed by atoms with Gasteiger partial charge in [0.1, 0.15) is 0 Å². The molecule has 0 radical (unpaired) electrons. The third-order valence-electron chi connectivity index (χ3n) is 16.2. The van der Waals surface area contributed by atoms with Crippen LogP contribution in [0.25, 0.3) is 21.2 Å². The molecule has 0 unspecified atom stereocenters. The van der Waals surface area contributed by atoms with Crippen molar-refractivity contribution < 1.29 is 0 Å². The largest absolute Gasteiger partial charge is 0.311 e. The average Bonchev–Trinajstić information content (AvgIpc) is 3.59. The molecule has 0 atom stereocenters. The fraction of sp³-hybridized carbons (Fsp3) is 0.367. The van der Waals surface area contributed by atoms with Crippen LogP contribution < -0.4 is 25.5 Å². The number of hydrogen-bond donors (Lipinski definition) is 0. The van der Waals surface area contributed by atoms with Gasteiger partial charge < -0.3 is 9.80 Å². The number of fused-ring (bicyclic) bond motifs is 9. The van der Waals surface area contributed by atoms with Crippen LogP contribution in [-0.2, 0) is 27.1 Å². The Morgan fingerprint density at radius 3 is 1.94 bits per heavy atom. The van der Waals surface area contributed by atoms with Gasteiger partial charge >= 0.3 is 0 Å². The van der Waals surface area contributed by atoms with E-state index in [4.69, 9.17) is 0 Å². The van der Waals surface area contributed by atoms with Gasteiger partial charge in [-0.3, -0.25) is 0 Å². The van der Waals surface area contributed by atoms with Crippen molar-refractivity contribution in [3.63, 3.8) is 0 Å². The lowest BCUT2D eigenvalue weighted by Gasteiger charge is -2.47. The van der Waals surface area contributed by atoms with Gasteiger partial charge in [0.25, 0.3) is 6.71 Å². The van der Waals surface area contributed by atoms with Crippen molar-refractivity contribution >= 4 is 78.0 Å². The molecule has 4 heterocycles. The summed E-state index contributed by atoms with van der Waals surface area (Å²) in [5.41, 5.74) is 24.4. The van der Waals surface area contributed by atoms with E-state index >= 15 is 0 Å². The molecule has 64 heavy (non-hydrogen) atoms. The summed E-state index contributed by atoms with van der Waals surface area (Å²) in [6.45, 7) is 33.9. The SMILES string of the molecule is Cc1cc2c3c(c1)N1c4cc(C(C)(C)C)cc(c4)C(C)(C)CC(C)(C)c4ccc5sc(c1c5c4)B3c1cc3c(cc1N2c1ccc(-c2ccccc2C)cc1C)C(C)(C)CCC3(C)C. The molecule has 7 aromatic rings. The Bertz CT molecular complexity index is 3130. The van der Waals surface area contributed by atoms with Crippen LogP contribution in [0.15, 0.2) is 103 Å². The molecule has 6 aromatic carbocycles. The average molecular weight is 857 g/mol. The predicted molar refractivity (Wildman–Crippen MR) is 280 cm³/mol. The minimum Gasteiger partial charge on any atom is -0.311 e. The second-order valence-corrected chi connectivity index (χ2v) is 24.9. The lowest BCUT2D eigenvalue weighted by atomic mass is 9.35. The van der Waals surface area contributed by atoms with Gasteiger partial charge in [-0.2, -0.15) is 0 Å². The van der Waals surface area contributed by atoms with E-state index in [0.29, 0.717) is 0 Å². The monoisotopic (exact) mass is 856 g/mol. The summed E-state index contributed by atoms with van der Waals surface area (Å²) in [7, 11) is 0. The zero-order chi connectivity index (χ0) is 45.2. The maximum absolute atomic E-state index is 2.72. The van der Waals surface area contributed by atoms with E-state index < -0.39 is 0 Å². The number of nitrogens with zero attached hydrogens (tertiary/aromatic N) is 2. The topological polar surface area (TPSA) is 6.48 Å². The lowest BCUT2D eigenvalue weighted by Crippen LogP contribution is -2.61. The van der Waals surface area contributed by atoms with Crippen LogP contribution in [0.3, 0.4) is 0 Å². The van der Waals surface area contributed by atoms with Crippen LogP contribution in [0.5, 0.6) is 0 Å². The van der Waals surface area contributed by atoms with Gasteiger partial charge in [-0.05, 0) is 188 Å². The minimum absolute atomic E-state index is 0.0251. The molecular formula is C60H65BN2S. The highest BCUT2D eigenvalue weighted by Crippen LogP contribution is 2.54. The Labute approximate surface area is 387 Å². The van der Waals surface area contributed by atoms with E-state index in [-0.39, 0.29) is 33.8 Å². The first-order valence-electron chi connectivity index (χ1n) is 23.9. The molecule has 4 heteroatoms. The highest BCUT2D eigenvalue weighted by atomic mass is 32.1.